The van der Waals surface area contributed by atoms with Crippen molar-refractivity contribution in [3.63, 3.8) is 0 Å². The zero-order chi connectivity index (χ0) is 16.9. The number of aromatic hydroxyl groups is 1. The van der Waals surface area contributed by atoms with E-state index in [2.05, 4.69) is 15.3 Å². The molecule has 6 nitrogen and oxygen atoms in total. The summed E-state index contributed by atoms with van der Waals surface area (Å²) in [6.07, 6.45) is 4.96. The summed E-state index contributed by atoms with van der Waals surface area (Å²) in [7, 11) is 0. The Morgan fingerprint density at radius 2 is 1.92 bits per heavy atom. The van der Waals surface area contributed by atoms with Gasteiger partial charge in [-0.3, -0.25) is 14.6 Å². The van der Waals surface area contributed by atoms with Gasteiger partial charge in [-0.05, 0) is 41.5 Å². The normalized spacial score (nSPS) is 10.3. The fourth-order valence-electron chi connectivity index (χ4n) is 2.33. The molecule has 0 aliphatic heterocycles. The Hall–Kier alpha value is -3.41. The number of carbonyl (C=O) groups is 1. The number of anilines is 1. The topological polar surface area (TPSA) is 95.1 Å². The van der Waals surface area contributed by atoms with Crippen molar-refractivity contribution in [3.05, 3.63) is 77.0 Å². The van der Waals surface area contributed by atoms with Gasteiger partial charge in [0, 0.05) is 24.2 Å². The molecule has 120 valence electrons. The maximum Gasteiger partial charge on any atom is 0.271 e. The first kappa shape index (κ1) is 15.5. The van der Waals surface area contributed by atoms with Gasteiger partial charge >= 0.3 is 0 Å². The lowest BCUT2D eigenvalue weighted by Gasteiger charge is -2.07. The molecule has 2 aromatic heterocycles. The average Bonchev–Trinajstić information content (AvgIpc) is 2.57. The number of nitrogens with zero attached hydrogens (tertiary/aromatic N) is 1. The van der Waals surface area contributed by atoms with E-state index in [9.17, 15) is 14.7 Å². The molecule has 0 spiro atoms. The van der Waals surface area contributed by atoms with Crippen molar-refractivity contribution in [2.24, 2.45) is 0 Å². The summed E-state index contributed by atoms with van der Waals surface area (Å²) < 4.78 is 0. The highest BCUT2D eigenvalue weighted by Crippen LogP contribution is 2.19. The first-order valence-electron chi connectivity index (χ1n) is 7.33. The molecule has 0 unspecified atom stereocenters. The van der Waals surface area contributed by atoms with Crippen molar-refractivity contribution in [3.8, 4) is 16.9 Å². The fourth-order valence-corrected chi connectivity index (χ4v) is 2.33. The number of rotatable bonds is 4. The van der Waals surface area contributed by atoms with Crippen LogP contribution >= 0.6 is 0 Å². The quantitative estimate of drug-likeness (QED) is 0.687. The third-order valence-electron chi connectivity index (χ3n) is 3.47. The maximum absolute atomic E-state index is 12.1. The number of hydrogen-bond acceptors (Lipinski definition) is 4. The first-order valence-corrected chi connectivity index (χ1v) is 7.33. The smallest absolute Gasteiger partial charge is 0.271 e. The number of nitrogens with one attached hydrogen (secondary N) is 2. The molecule has 0 atom stereocenters. The van der Waals surface area contributed by atoms with Crippen molar-refractivity contribution >= 4 is 11.6 Å². The third-order valence-corrected chi connectivity index (χ3v) is 3.47. The van der Waals surface area contributed by atoms with E-state index in [0.717, 1.165) is 11.1 Å². The van der Waals surface area contributed by atoms with Gasteiger partial charge in [0.1, 0.15) is 11.4 Å². The van der Waals surface area contributed by atoms with Crippen LogP contribution in [0.2, 0.25) is 0 Å². The number of phenols is 1. The van der Waals surface area contributed by atoms with E-state index in [1.54, 1.807) is 36.8 Å². The molecule has 0 saturated heterocycles. The number of aromatic nitrogens is 2. The van der Waals surface area contributed by atoms with Crippen LogP contribution in [0.25, 0.3) is 11.1 Å². The van der Waals surface area contributed by atoms with Gasteiger partial charge < -0.3 is 15.4 Å². The molecule has 0 fully saturated rings. The predicted molar refractivity (Wildman–Crippen MR) is 90.7 cm³/mol. The van der Waals surface area contributed by atoms with Crippen LogP contribution in [0.5, 0.6) is 5.75 Å². The summed E-state index contributed by atoms with van der Waals surface area (Å²) in [6, 6.07) is 11.7. The second-order valence-electron chi connectivity index (χ2n) is 5.26. The number of benzene rings is 1. The van der Waals surface area contributed by atoms with E-state index < -0.39 is 0 Å². The van der Waals surface area contributed by atoms with Crippen molar-refractivity contribution in [2.75, 3.05) is 5.32 Å². The van der Waals surface area contributed by atoms with Crippen LogP contribution < -0.4 is 10.9 Å². The molecule has 6 heteroatoms. The lowest BCUT2D eigenvalue weighted by molar-refractivity contribution is -0.115. The maximum atomic E-state index is 12.1. The number of amides is 1. The van der Waals surface area contributed by atoms with Gasteiger partial charge in [0.25, 0.3) is 5.56 Å². The van der Waals surface area contributed by atoms with E-state index in [4.69, 9.17) is 0 Å². The van der Waals surface area contributed by atoms with E-state index in [-0.39, 0.29) is 29.3 Å². The van der Waals surface area contributed by atoms with Gasteiger partial charge in [-0.25, -0.2) is 0 Å². The molecule has 0 saturated carbocycles. The molecule has 1 aromatic carbocycles. The Kier molecular flexibility index (Phi) is 4.38. The van der Waals surface area contributed by atoms with E-state index >= 15 is 0 Å². The van der Waals surface area contributed by atoms with Crippen molar-refractivity contribution in [2.45, 2.75) is 6.42 Å². The molecule has 0 bridgehead atoms. The van der Waals surface area contributed by atoms with Crippen LogP contribution in [0.15, 0.2) is 65.8 Å². The zero-order valence-electron chi connectivity index (χ0n) is 12.7. The highest BCUT2D eigenvalue weighted by molar-refractivity contribution is 5.92. The number of H-pyrrole nitrogens is 1. The highest BCUT2D eigenvalue weighted by Gasteiger charge is 2.09. The Morgan fingerprint density at radius 1 is 1.12 bits per heavy atom. The predicted octanol–water partition coefficient (Wildman–Crippen LogP) is 2.32. The Balaban J connectivity index is 1.79. The number of hydrogen-bond donors (Lipinski definition) is 3. The van der Waals surface area contributed by atoms with Crippen LogP contribution in [0.3, 0.4) is 0 Å². The molecule has 2 heterocycles. The van der Waals surface area contributed by atoms with Crippen LogP contribution in [-0.4, -0.2) is 21.0 Å². The molecule has 1 amide bonds. The van der Waals surface area contributed by atoms with Gasteiger partial charge in [0.15, 0.2) is 0 Å². The summed E-state index contributed by atoms with van der Waals surface area (Å²) in [4.78, 5) is 30.6. The SMILES string of the molecule is O=C(Cc1cccc(O)c1)Nc1cc(-c2ccncc2)c[nH]c1=O. The molecule has 0 radical (unpaired) electrons. The fraction of sp³-hybridized carbons (Fsp3) is 0.0556. The summed E-state index contributed by atoms with van der Waals surface area (Å²) >= 11 is 0. The van der Waals surface area contributed by atoms with Crippen molar-refractivity contribution in [1.82, 2.24) is 9.97 Å². The second kappa shape index (κ2) is 6.78. The number of carbonyl (C=O) groups excluding carboxylic acids is 1. The average molecular weight is 321 g/mol. The second-order valence-corrected chi connectivity index (χ2v) is 5.26. The van der Waals surface area contributed by atoms with Crippen molar-refractivity contribution < 1.29 is 9.90 Å². The molecular formula is C18H15N3O3. The minimum absolute atomic E-state index is 0.0628. The van der Waals surface area contributed by atoms with Crippen LogP contribution in [0.4, 0.5) is 5.69 Å². The lowest BCUT2D eigenvalue weighted by atomic mass is 10.1. The monoisotopic (exact) mass is 321 g/mol. The highest BCUT2D eigenvalue weighted by atomic mass is 16.3. The first-order chi connectivity index (χ1) is 11.6. The minimum atomic E-state index is -0.378. The summed E-state index contributed by atoms with van der Waals surface area (Å²) in [5.41, 5.74) is 2.11. The third kappa shape index (κ3) is 3.67. The zero-order valence-corrected chi connectivity index (χ0v) is 12.7. The molecule has 3 aromatic rings. The molecule has 3 N–H and O–H groups in total. The summed E-state index contributed by atoms with van der Waals surface area (Å²) in [5, 5.41) is 12.0. The van der Waals surface area contributed by atoms with Gasteiger partial charge in [-0.15, -0.1) is 0 Å². The van der Waals surface area contributed by atoms with Gasteiger partial charge in [-0.2, -0.15) is 0 Å². The number of aromatic amines is 1. The van der Waals surface area contributed by atoms with E-state index in [1.165, 1.54) is 12.1 Å². The molecular weight excluding hydrogens is 306 g/mol. The van der Waals surface area contributed by atoms with Gasteiger partial charge in [0.2, 0.25) is 5.91 Å². The van der Waals surface area contributed by atoms with Crippen molar-refractivity contribution in [1.29, 1.82) is 0 Å². The minimum Gasteiger partial charge on any atom is -0.508 e. The van der Waals surface area contributed by atoms with Crippen LogP contribution in [-0.2, 0) is 11.2 Å². The largest absolute Gasteiger partial charge is 0.508 e. The number of phenolic OH excluding ortho intramolecular Hbond substituents is 1. The van der Waals surface area contributed by atoms with Crippen LogP contribution in [0, 0.1) is 0 Å². The lowest BCUT2D eigenvalue weighted by Crippen LogP contribution is -2.21. The van der Waals surface area contributed by atoms with E-state index in [0.29, 0.717) is 5.56 Å². The standard InChI is InChI=1S/C18H15N3O3/c22-15-3-1-2-12(8-15)9-17(23)21-16-10-14(11-20-18(16)24)13-4-6-19-7-5-13/h1-8,10-11,22H,9H2,(H,20,24)(H,21,23). The Labute approximate surface area is 137 Å². The number of pyridine rings is 2. The molecule has 24 heavy (non-hydrogen) atoms. The van der Waals surface area contributed by atoms with Gasteiger partial charge in [0.05, 0.1) is 6.42 Å². The summed E-state index contributed by atoms with van der Waals surface area (Å²) in [6.45, 7) is 0. The Bertz CT molecular complexity index is 920. The van der Waals surface area contributed by atoms with Crippen LogP contribution in [0.1, 0.15) is 5.56 Å². The van der Waals surface area contributed by atoms with E-state index in [1.807, 2.05) is 12.1 Å². The van der Waals surface area contributed by atoms with Gasteiger partial charge in [-0.1, -0.05) is 12.1 Å². The Morgan fingerprint density at radius 3 is 2.67 bits per heavy atom. The summed E-state index contributed by atoms with van der Waals surface area (Å²) in [5.74, 6) is -0.240. The molecule has 0 aliphatic rings. The molecule has 3 rings (SSSR count). The molecule has 0 aliphatic carbocycles.